The van der Waals surface area contributed by atoms with Crippen LogP contribution in [0.3, 0.4) is 0 Å². The van der Waals surface area contributed by atoms with Crippen LogP contribution in [0, 0.1) is 0 Å². The van der Waals surface area contributed by atoms with Crippen molar-refractivity contribution in [3.8, 4) is 78.5 Å². The number of hydrogen-bond acceptors (Lipinski definition) is 1. The number of rotatable bonds is 4. The summed E-state index contributed by atoms with van der Waals surface area (Å²) in [5.41, 5.74) is 31.5. The van der Waals surface area contributed by atoms with Crippen LogP contribution in [0.5, 0.6) is 11.5 Å². The summed E-state index contributed by atoms with van der Waals surface area (Å²) < 4.78 is 13.2. The van der Waals surface area contributed by atoms with Crippen molar-refractivity contribution in [2.24, 2.45) is 0 Å². The molecule has 2 aliphatic carbocycles. The van der Waals surface area contributed by atoms with Crippen LogP contribution in [0.1, 0.15) is 101 Å². The number of benzene rings is 12. The summed E-state index contributed by atoms with van der Waals surface area (Å²) in [6.07, 6.45) is 0. The van der Waals surface area contributed by atoms with E-state index in [1.165, 1.54) is 166 Å². The molecule has 4 heteroatoms. The van der Waals surface area contributed by atoms with Crippen LogP contribution in [-0.4, -0.2) is 15.8 Å². The number of aromatic nitrogens is 2. The molecular formula is C85H67BN2O. The molecule has 3 nitrogen and oxygen atoms in total. The molecule has 0 saturated carbocycles. The minimum Gasteiger partial charge on any atom is -0.458 e. The monoisotopic (exact) mass is 1140 g/mol. The van der Waals surface area contributed by atoms with Crippen molar-refractivity contribution < 1.29 is 4.74 Å². The zero-order chi connectivity index (χ0) is 60.2. The molecule has 4 heterocycles. The fraction of sp³-hybridized carbons (Fsp3) is 0.153. The van der Waals surface area contributed by atoms with Crippen LogP contribution in [0.15, 0.2) is 243 Å². The molecule has 0 saturated heterocycles. The van der Waals surface area contributed by atoms with Crippen molar-refractivity contribution in [1.29, 1.82) is 0 Å². The lowest BCUT2D eigenvalue weighted by Gasteiger charge is -2.36. The lowest BCUT2D eigenvalue weighted by Crippen LogP contribution is -2.58. The van der Waals surface area contributed by atoms with Crippen LogP contribution in [0.4, 0.5) is 0 Å². The van der Waals surface area contributed by atoms with Gasteiger partial charge in [-0.2, -0.15) is 0 Å². The normalized spacial score (nSPS) is 14.1. The Kier molecular flexibility index (Phi) is 10.6. The summed E-state index contributed by atoms with van der Waals surface area (Å²) in [5, 5.41) is 4.95. The highest BCUT2D eigenvalue weighted by Crippen LogP contribution is 2.63. The molecule has 0 bridgehead atoms. The van der Waals surface area contributed by atoms with E-state index in [0.717, 1.165) is 11.5 Å². The predicted molar refractivity (Wildman–Crippen MR) is 375 cm³/mol. The first-order chi connectivity index (χ1) is 43.1. The number of ether oxygens (including phenoxy) is 1. The summed E-state index contributed by atoms with van der Waals surface area (Å²) in [5.74, 6) is 1.83. The molecular weight excluding hydrogens is 1080 g/mol. The fourth-order valence-corrected chi connectivity index (χ4v) is 16.9. The molecule has 1 spiro atoms. The highest BCUT2D eigenvalue weighted by molar-refractivity contribution is 6.99. The highest BCUT2D eigenvalue weighted by Gasteiger charge is 2.53. The molecule has 4 aliphatic rings. The van der Waals surface area contributed by atoms with Crippen LogP contribution in [0.25, 0.3) is 111 Å². The molecule has 426 valence electrons. The van der Waals surface area contributed by atoms with Crippen molar-refractivity contribution in [2.75, 3.05) is 0 Å². The Bertz CT molecular complexity index is 5330. The van der Waals surface area contributed by atoms with Gasteiger partial charge in [0.25, 0.3) is 6.71 Å². The molecule has 2 aromatic heterocycles. The third-order valence-corrected chi connectivity index (χ3v) is 20.5. The Labute approximate surface area is 521 Å². The van der Waals surface area contributed by atoms with Crippen molar-refractivity contribution in [2.45, 2.75) is 84.0 Å². The standard InChI is InChI=1S/C85H67BN2O/c1-82(2,3)65-39-26-40-66(83(4,5)6)77(65)52-43-74-79-76(44-52)89-75-49-68-60(55-33-18-23-38-64(55)85(68)62-36-21-16-31-53(62)54-32-17-22-37-63(54)85)46-69(75)86(79)70-47-61-56-34-19-24-41-71(56)87(80(61)78-57-35-20-25-42-72(57)88(74)81(70)78)73-48-67(84(7,8)9)58(50-27-12-10-13-28-50)45-59(73)51-29-14-11-15-30-51/h10-49H,1-9H3. The van der Waals surface area contributed by atoms with Gasteiger partial charge in [-0.25, -0.2) is 0 Å². The number of para-hydroxylation sites is 2. The summed E-state index contributed by atoms with van der Waals surface area (Å²) >= 11 is 0. The van der Waals surface area contributed by atoms with E-state index in [1.807, 2.05) is 0 Å². The smallest absolute Gasteiger partial charge is 0.256 e. The molecule has 0 fully saturated rings. The zero-order valence-corrected chi connectivity index (χ0v) is 52.0. The van der Waals surface area contributed by atoms with Gasteiger partial charge >= 0.3 is 0 Å². The second-order valence-corrected chi connectivity index (χ2v) is 28.7. The molecule has 0 radical (unpaired) electrons. The number of nitrogens with zero attached hydrogens (tertiary/aromatic N) is 2. The quantitative estimate of drug-likeness (QED) is 0.161. The molecule has 2 aliphatic heterocycles. The van der Waals surface area contributed by atoms with Gasteiger partial charge in [-0.15, -0.1) is 0 Å². The Morgan fingerprint density at radius 3 is 1.46 bits per heavy atom. The maximum Gasteiger partial charge on any atom is 0.256 e. The molecule has 0 amide bonds. The maximum absolute atomic E-state index is 7.88. The van der Waals surface area contributed by atoms with Crippen molar-refractivity contribution in [1.82, 2.24) is 9.13 Å². The molecule has 0 unspecified atom stereocenters. The summed E-state index contributed by atoms with van der Waals surface area (Å²) in [7, 11) is 0. The zero-order valence-electron chi connectivity index (χ0n) is 52.0. The number of hydrogen-bond donors (Lipinski definition) is 0. The molecule has 14 aromatic rings. The third-order valence-electron chi connectivity index (χ3n) is 20.5. The van der Waals surface area contributed by atoms with Crippen LogP contribution in [0.2, 0.25) is 0 Å². The Hall–Kier alpha value is -9.90. The van der Waals surface area contributed by atoms with Crippen LogP contribution in [-0.2, 0) is 21.7 Å². The van der Waals surface area contributed by atoms with E-state index in [9.17, 15) is 0 Å². The largest absolute Gasteiger partial charge is 0.458 e. The number of fused-ring (bicyclic) bond motifs is 21. The van der Waals surface area contributed by atoms with Gasteiger partial charge in [0.05, 0.1) is 33.2 Å². The van der Waals surface area contributed by atoms with Gasteiger partial charge in [-0.05, 0) is 164 Å². The second kappa shape index (κ2) is 18.1. The van der Waals surface area contributed by atoms with Gasteiger partial charge < -0.3 is 13.9 Å². The maximum atomic E-state index is 7.88. The van der Waals surface area contributed by atoms with Gasteiger partial charge in [0.2, 0.25) is 0 Å². The second-order valence-electron chi connectivity index (χ2n) is 28.7. The third kappa shape index (κ3) is 7.06. The van der Waals surface area contributed by atoms with Gasteiger partial charge in [0.1, 0.15) is 11.5 Å². The summed E-state index contributed by atoms with van der Waals surface area (Å²) in [6, 6.07) is 92.6. The lowest BCUT2D eigenvalue weighted by atomic mass is 9.34. The molecule has 0 atom stereocenters. The fourth-order valence-electron chi connectivity index (χ4n) is 16.9. The van der Waals surface area contributed by atoms with E-state index in [4.69, 9.17) is 4.74 Å². The lowest BCUT2D eigenvalue weighted by molar-refractivity contribution is 0.486. The van der Waals surface area contributed by atoms with E-state index in [1.54, 1.807) is 0 Å². The molecule has 89 heavy (non-hydrogen) atoms. The summed E-state index contributed by atoms with van der Waals surface area (Å²) in [4.78, 5) is 0. The summed E-state index contributed by atoms with van der Waals surface area (Å²) in [6.45, 7) is 21.1. The first kappa shape index (κ1) is 52.2. The predicted octanol–water partition coefficient (Wildman–Crippen LogP) is 20.1. The van der Waals surface area contributed by atoms with Gasteiger partial charge in [0.15, 0.2) is 0 Å². The minimum absolute atomic E-state index is 0.152. The average molecular weight is 1140 g/mol. The van der Waals surface area contributed by atoms with Gasteiger partial charge in [0, 0.05) is 32.8 Å². The van der Waals surface area contributed by atoms with E-state index in [0.29, 0.717) is 0 Å². The van der Waals surface area contributed by atoms with Crippen LogP contribution >= 0.6 is 0 Å². The van der Waals surface area contributed by atoms with Crippen molar-refractivity contribution in [3.63, 3.8) is 0 Å². The minimum atomic E-state index is -0.532. The van der Waals surface area contributed by atoms with Crippen molar-refractivity contribution >= 4 is 66.7 Å². The van der Waals surface area contributed by atoms with Gasteiger partial charge in [-0.1, -0.05) is 263 Å². The first-order valence-electron chi connectivity index (χ1n) is 31.9. The Balaban J connectivity index is 1.01. The van der Waals surface area contributed by atoms with E-state index in [-0.39, 0.29) is 23.0 Å². The van der Waals surface area contributed by atoms with Crippen LogP contribution < -0.4 is 21.1 Å². The Morgan fingerprint density at radius 1 is 0.337 bits per heavy atom. The average Bonchev–Trinajstić information content (AvgIpc) is 1.55. The molecule has 12 aromatic carbocycles. The Morgan fingerprint density at radius 2 is 0.854 bits per heavy atom. The van der Waals surface area contributed by atoms with E-state index in [2.05, 4.69) is 314 Å². The van der Waals surface area contributed by atoms with Crippen molar-refractivity contribution in [3.05, 3.63) is 282 Å². The SMILES string of the molecule is CC(C)(C)c1cc(-n2c3ccccc3c3cc4c5c(c6ccccc6n5-c5cc(-c6c(C(C)(C)C)cccc6C(C)(C)C)cc6c5B4c4cc5c(cc4O6)C4(c6ccccc6-c6ccccc64)c4ccccc4-5)c32)c(-c2ccccc2)cc1-c1ccccc1. The first-order valence-corrected chi connectivity index (χ1v) is 31.9. The van der Waals surface area contributed by atoms with Gasteiger partial charge in [-0.3, -0.25) is 0 Å². The van der Waals surface area contributed by atoms with E-state index < -0.39 is 5.41 Å². The van der Waals surface area contributed by atoms with E-state index >= 15 is 0 Å². The topological polar surface area (TPSA) is 19.1 Å². The highest BCUT2D eigenvalue weighted by atomic mass is 16.5. The molecule has 18 rings (SSSR count). The molecule has 0 N–H and O–H groups in total.